The van der Waals surface area contributed by atoms with Gasteiger partial charge in [0, 0.05) is 21.2 Å². The summed E-state index contributed by atoms with van der Waals surface area (Å²) in [6.07, 6.45) is -11.6. The van der Waals surface area contributed by atoms with Crippen molar-refractivity contribution in [3.63, 3.8) is 0 Å². The van der Waals surface area contributed by atoms with Crippen molar-refractivity contribution in [2.45, 2.75) is 24.4 Å². The molecule has 0 fully saturated rings. The van der Waals surface area contributed by atoms with E-state index in [2.05, 4.69) is 0 Å². The highest BCUT2D eigenvalue weighted by atomic mass is 35.5. The van der Waals surface area contributed by atoms with Gasteiger partial charge in [-0.25, -0.2) is 0 Å². The molecule has 0 heterocycles. The Morgan fingerprint density at radius 3 is 1.17 bits per heavy atom. The maximum atomic E-state index is 14.8. The topological polar surface area (TPSA) is 44.8 Å². The predicted molar refractivity (Wildman–Crippen MR) is 189 cm³/mol. The average molecular weight is 768 g/mol. The molecule has 0 N–H and O–H groups in total. The minimum absolute atomic E-state index is 0.0184. The molecule has 0 aromatic heterocycles. The minimum Gasteiger partial charge on any atom is -0.489 e. The maximum Gasteiger partial charge on any atom is 0.411 e. The first-order valence-corrected chi connectivity index (χ1v) is 16.6. The van der Waals surface area contributed by atoms with Crippen molar-refractivity contribution in [1.82, 2.24) is 0 Å². The summed E-state index contributed by atoms with van der Waals surface area (Å²) < 4.78 is 106. The zero-order valence-corrected chi connectivity index (χ0v) is 28.7. The van der Waals surface area contributed by atoms with Gasteiger partial charge < -0.3 is 14.2 Å². The summed E-state index contributed by atoms with van der Waals surface area (Å²) in [5.74, 6) is 0.861. The van der Waals surface area contributed by atoms with E-state index in [1.807, 2.05) is 0 Å². The number of ether oxygens (including phenoxy) is 3. The molecule has 0 atom stereocenters. The number of carbonyl (C=O) groups is 1. The molecule has 53 heavy (non-hydrogen) atoms. The van der Waals surface area contributed by atoms with Gasteiger partial charge in [0.15, 0.2) is 5.78 Å². The van der Waals surface area contributed by atoms with Gasteiger partial charge in [-0.2, -0.15) is 26.3 Å². The van der Waals surface area contributed by atoms with Crippen molar-refractivity contribution >= 4 is 29.0 Å². The van der Waals surface area contributed by atoms with Crippen molar-refractivity contribution in [2.24, 2.45) is 0 Å². The highest BCUT2D eigenvalue weighted by Crippen LogP contribution is 2.56. The molecule has 0 saturated heterocycles. The summed E-state index contributed by atoms with van der Waals surface area (Å²) in [6, 6.07) is 32.8. The molecule has 0 radical (unpaired) electrons. The Kier molecular flexibility index (Phi) is 10.7. The predicted octanol–water partition coefficient (Wildman–Crippen LogP) is 12.8. The normalized spacial score (nSPS) is 11.9. The summed E-state index contributed by atoms with van der Waals surface area (Å²) in [4.78, 5) is 12.7. The lowest BCUT2D eigenvalue weighted by Crippen LogP contribution is -2.54. The molecule has 0 aliphatic heterocycles. The van der Waals surface area contributed by atoms with Gasteiger partial charge in [-0.05, 0) is 126 Å². The van der Waals surface area contributed by atoms with Crippen LogP contribution in [0.15, 0.2) is 146 Å². The Bertz CT molecular complexity index is 2140. The summed E-state index contributed by atoms with van der Waals surface area (Å²) in [7, 11) is 0. The molecule has 0 bridgehead atoms. The number of alkyl halides is 6. The Balaban J connectivity index is 1.17. The molecule has 0 unspecified atom stereocenters. The van der Waals surface area contributed by atoms with Crippen molar-refractivity contribution in [3.8, 4) is 28.7 Å². The fourth-order valence-electron chi connectivity index (χ4n) is 5.59. The van der Waals surface area contributed by atoms with Crippen LogP contribution in [-0.2, 0) is 12.0 Å². The van der Waals surface area contributed by atoms with Crippen LogP contribution in [0.5, 0.6) is 28.7 Å². The molecule has 270 valence electrons. The first-order chi connectivity index (χ1) is 25.2. The number of hydrogen-bond acceptors (Lipinski definition) is 4. The summed E-state index contributed by atoms with van der Waals surface area (Å²) in [6.45, 7) is 0.238. The van der Waals surface area contributed by atoms with Crippen LogP contribution in [0, 0.1) is 0 Å². The molecular weight excluding hydrogens is 741 g/mol. The molecule has 0 saturated carbocycles. The second-order valence-electron chi connectivity index (χ2n) is 11.7. The van der Waals surface area contributed by atoms with Crippen molar-refractivity contribution < 1.29 is 45.3 Å². The van der Waals surface area contributed by atoms with Gasteiger partial charge in [-0.1, -0.05) is 59.6 Å². The van der Waals surface area contributed by atoms with Gasteiger partial charge in [-0.15, -0.1) is 0 Å². The molecule has 4 nitrogen and oxygen atoms in total. The van der Waals surface area contributed by atoms with Crippen LogP contribution in [0.25, 0.3) is 0 Å². The fourth-order valence-corrected chi connectivity index (χ4v) is 5.85. The van der Waals surface area contributed by atoms with E-state index in [-0.39, 0.29) is 29.6 Å². The van der Waals surface area contributed by atoms with Crippen molar-refractivity contribution in [2.75, 3.05) is 0 Å². The molecule has 6 rings (SSSR count). The van der Waals surface area contributed by atoms with Crippen LogP contribution in [0.3, 0.4) is 0 Å². The summed E-state index contributed by atoms with van der Waals surface area (Å²) in [5.41, 5.74) is -4.94. The van der Waals surface area contributed by atoms with Gasteiger partial charge in [0.1, 0.15) is 35.4 Å². The van der Waals surface area contributed by atoms with Crippen LogP contribution < -0.4 is 14.2 Å². The molecule has 0 amide bonds. The number of hydrogen-bond donors (Lipinski definition) is 0. The fraction of sp³-hybridized carbons (Fsp3) is 0.0976. The standard InChI is InChI=1S/C41H26Cl2F6O4/c42-31-11-3-27(4-12-31)38(50)28-5-17-35(18-6-28)53-37-21-9-30(10-22-37)39(40(44,45)46,41(47,48)49)29-7-19-36(20-8-29)52-34-15-1-26(2-16-34)25-51-33-23-13-32(43)14-24-33/h1-24H,25H2. The van der Waals surface area contributed by atoms with Crippen LogP contribution in [-0.4, -0.2) is 18.1 Å². The molecule has 0 spiro atoms. The SMILES string of the molecule is O=C(c1ccc(Cl)cc1)c1ccc(Oc2ccc(C(c3ccc(Oc4ccc(COc5ccc(Cl)cc5)cc4)cc3)(C(F)(F)F)C(F)(F)F)cc2)cc1. The second-order valence-corrected chi connectivity index (χ2v) is 12.6. The first kappa shape index (κ1) is 37.3. The zero-order chi connectivity index (χ0) is 37.8. The van der Waals surface area contributed by atoms with Gasteiger partial charge >= 0.3 is 12.4 Å². The smallest absolute Gasteiger partial charge is 0.411 e. The third-order valence-electron chi connectivity index (χ3n) is 8.26. The van der Waals surface area contributed by atoms with Crippen LogP contribution in [0.1, 0.15) is 32.6 Å². The van der Waals surface area contributed by atoms with Crippen molar-refractivity contribution in [1.29, 1.82) is 0 Å². The number of benzene rings is 6. The van der Waals surface area contributed by atoms with Crippen LogP contribution >= 0.6 is 23.2 Å². The minimum atomic E-state index is -5.79. The van der Waals surface area contributed by atoms with Gasteiger partial charge in [0.05, 0.1) is 0 Å². The van der Waals surface area contributed by atoms with E-state index in [0.717, 1.165) is 54.1 Å². The number of rotatable bonds is 11. The van der Waals surface area contributed by atoms with E-state index in [1.165, 1.54) is 24.3 Å². The van der Waals surface area contributed by atoms with Gasteiger partial charge in [0.25, 0.3) is 0 Å². The lowest BCUT2D eigenvalue weighted by Gasteiger charge is -2.38. The van der Waals surface area contributed by atoms with E-state index in [9.17, 15) is 31.1 Å². The summed E-state index contributed by atoms with van der Waals surface area (Å²) >= 11 is 11.8. The molecule has 12 heteroatoms. The number of carbonyl (C=O) groups excluding carboxylic acids is 1. The van der Waals surface area contributed by atoms with E-state index in [1.54, 1.807) is 72.8 Å². The highest BCUT2D eigenvalue weighted by Gasteiger charge is 2.72. The van der Waals surface area contributed by atoms with E-state index in [0.29, 0.717) is 32.7 Å². The first-order valence-electron chi connectivity index (χ1n) is 15.8. The number of halogens is 8. The number of ketones is 1. The lowest BCUT2D eigenvalue weighted by molar-refractivity contribution is -0.288. The zero-order valence-electron chi connectivity index (χ0n) is 27.2. The average Bonchev–Trinajstić information content (AvgIpc) is 3.13. The second kappa shape index (κ2) is 15.3. The molecule has 6 aromatic carbocycles. The summed E-state index contributed by atoms with van der Waals surface area (Å²) in [5, 5.41) is 1.04. The third-order valence-corrected chi connectivity index (χ3v) is 8.77. The highest BCUT2D eigenvalue weighted by molar-refractivity contribution is 6.31. The Morgan fingerprint density at radius 1 is 0.453 bits per heavy atom. The molecule has 0 aliphatic rings. The largest absolute Gasteiger partial charge is 0.489 e. The van der Waals surface area contributed by atoms with Crippen LogP contribution in [0.2, 0.25) is 10.0 Å². The van der Waals surface area contributed by atoms with E-state index >= 15 is 0 Å². The lowest BCUT2D eigenvalue weighted by atomic mass is 9.73. The van der Waals surface area contributed by atoms with Gasteiger partial charge in [0.2, 0.25) is 5.41 Å². The Morgan fingerprint density at radius 2 is 0.774 bits per heavy atom. The Hall–Kier alpha value is -5.45. The van der Waals surface area contributed by atoms with Crippen LogP contribution in [0.4, 0.5) is 26.3 Å². The quantitative estimate of drug-likeness (QED) is 0.0973. The Labute approximate surface area is 310 Å². The molecule has 6 aromatic rings. The van der Waals surface area contributed by atoms with E-state index < -0.39 is 28.9 Å². The monoisotopic (exact) mass is 766 g/mol. The maximum absolute atomic E-state index is 14.8. The molecule has 0 aliphatic carbocycles. The third kappa shape index (κ3) is 8.29. The van der Waals surface area contributed by atoms with E-state index in [4.69, 9.17) is 37.4 Å². The van der Waals surface area contributed by atoms with Gasteiger partial charge in [-0.3, -0.25) is 4.79 Å². The molecular formula is C41H26Cl2F6O4. The van der Waals surface area contributed by atoms with Crippen molar-refractivity contribution in [3.05, 3.63) is 183 Å².